The molecule has 1 rings (SSSR count). The minimum atomic E-state index is -0.442. The zero-order valence-corrected chi connectivity index (χ0v) is 10.2. The van der Waals surface area contributed by atoms with Crippen molar-refractivity contribution in [3.63, 3.8) is 0 Å². The largest absolute Gasteiger partial charge is 0.337 e. The van der Waals surface area contributed by atoms with Gasteiger partial charge in [0.1, 0.15) is 0 Å². The molecular weight excluding hydrogens is 200 g/mol. The lowest BCUT2D eigenvalue weighted by molar-refractivity contribution is -0.133. The summed E-state index contributed by atoms with van der Waals surface area (Å²) in [5.41, 5.74) is 6.77. The maximum absolute atomic E-state index is 11.8. The molecule has 0 aliphatic heterocycles. The summed E-state index contributed by atoms with van der Waals surface area (Å²) in [5, 5.41) is 0. The summed E-state index contributed by atoms with van der Waals surface area (Å²) in [7, 11) is 1.81. The molecule has 0 fully saturated rings. The molecule has 1 amide bonds. The lowest BCUT2D eigenvalue weighted by Gasteiger charge is -2.29. The quantitative estimate of drug-likeness (QED) is 0.843. The van der Waals surface area contributed by atoms with E-state index in [0.717, 1.165) is 12.0 Å². The zero-order valence-electron chi connectivity index (χ0n) is 10.2. The Hall–Kier alpha value is -1.35. The van der Waals surface area contributed by atoms with Crippen molar-refractivity contribution in [2.24, 2.45) is 5.73 Å². The molecule has 3 heteroatoms. The lowest BCUT2D eigenvalue weighted by Crippen LogP contribution is -2.41. The summed E-state index contributed by atoms with van der Waals surface area (Å²) in [4.78, 5) is 13.6. The molecule has 0 saturated heterocycles. The third-order valence-corrected chi connectivity index (χ3v) is 2.78. The van der Waals surface area contributed by atoms with Crippen molar-refractivity contribution in [3.05, 3.63) is 35.9 Å². The van der Waals surface area contributed by atoms with Gasteiger partial charge in [-0.25, -0.2) is 0 Å². The van der Waals surface area contributed by atoms with E-state index in [1.54, 1.807) is 11.8 Å². The van der Waals surface area contributed by atoms with E-state index >= 15 is 0 Å². The van der Waals surface area contributed by atoms with Gasteiger partial charge in [0.15, 0.2) is 0 Å². The molecule has 0 spiro atoms. The van der Waals surface area contributed by atoms with E-state index in [1.165, 1.54) is 0 Å². The van der Waals surface area contributed by atoms with Crippen LogP contribution in [0.15, 0.2) is 30.3 Å². The van der Waals surface area contributed by atoms with Gasteiger partial charge >= 0.3 is 0 Å². The Morgan fingerprint density at radius 1 is 1.38 bits per heavy atom. The van der Waals surface area contributed by atoms with Crippen LogP contribution in [-0.2, 0) is 4.79 Å². The van der Waals surface area contributed by atoms with Crippen LogP contribution in [0.25, 0.3) is 0 Å². The molecule has 0 bridgehead atoms. The molecule has 16 heavy (non-hydrogen) atoms. The number of amides is 1. The third kappa shape index (κ3) is 2.83. The fourth-order valence-corrected chi connectivity index (χ4v) is 1.88. The number of rotatable bonds is 4. The molecule has 3 nitrogen and oxygen atoms in total. The van der Waals surface area contributed by atoms with Gasteiger partial charge in [0, 0.05) is 7.05 Å². The standard InChI is InChI=1S/C13H20N2O/c1-4-12(11-8-6-5-7-9-11)15(3)13(16)10(2)14/h5-10,12H,4,14H2,1-3H3/t10?,12-/m0/s1. The van der Waals surface area contributed by atoms with E-state index in [-0.39, 0.29) is 11.9 Å². The number of hydrogen-bond donors (Lipinski definition) is 1. The molecule has 2 atom stereocenters. The van der Waals surface area contributed by atoms with Gasteiger partial charge in [-0.05, 0) is 18.9 Å². The first kappa shape index (κ1) is 12.7. The Balaban J connectivity index is 2.87. The number of carbonyl (C=O) groups excluding carboxylic acids is 1. The highest BCUT2D eigenvalue weighted by Crippen LogP contribution is 2.22. The molecule has 1 unspecified atom stereocenters. The number of hydrogen-bond acceptors (Lipinski definition) is 2. The van der Waals surface area contributed by atoms with Crippen LogP contribution >= 0.6 is 0 Å². The first-order chi connectivity index (χ1) is 7.57. The number of nitrogens with zero attached hydrogens (tertiary/aromatic N) is 1. The molecule has 0 aromatic heterocycles. The minimum Gasteiger partial charge on any atom is -0.337 e. The SMILES string of the molecule is CC[C@@H](c1ccccc1)N(C)C(=O)C(C)N. The average molecular weight is 220 g/mol. The Morgan fingerprint density at radius 2 is 1.94 bits per heavy atom. The van der Waals surface area contributed by atoms with Crippen LogP contribution in [0.3, 0.4) is 0 Å². The van der Waals surface area contributed by atoms with Crippen molar-refractivity contribution in [3.8, 4) is 0 Å². The Kier molecular flexibility index (Phi) is 4.50. The fraction of sp³-hybridized carbons (Fsp3) is 0.462. The van der Waals surface area contributed by atoms with Crippen LogP contribution < -0.4 is 5.73 Å². The highest BCUT2D eigenvalue weighted by atomic mass is 16.2. The molecule has 0 radical (unpaired) electrons. The van der Waals surface area contributed by atoms with Crippen LogP contribution in [0, 0.1) is 0 Å². The van der Waals surface area contributed by atoms with Crippen LogP contribution in [0.2, 0.25) is 0 Å². The summed E-state index contributed by atoms with van der Waals surface area (Å²) in [6.07, 6.45) is 0.888. The average Bonchev–Trinajstić information content (AvgIpc) is 2.30. The molecule has 1 aromatic carbocycles. The highest BCUT2D eigenvalue weighted by molar-refractivity contribution is 5.81. The summed E-state index contributed by atoms with van der Waals surface area (Å²) in [6.45, 7) is 3.79. The molecule has 1 aromatic rings. The molecule has 0 saturated carbocycles. The number of carbonyl (C=O) groups is 1. The second-order valence-electron chi connectivity index (χ2n) is 4.07. The minimum absolute atomic E-state index is 0.0179. The van der Waals surface area contributed by atoms with Gasteiger partial charge in [0.2, 0.25) is 5.91 Å². The topological polar surface area (TPSA) is 46.3 Å². The summed E-state index contributed by atoms with van der Waals surface area (Å²) < 4.78 is 0. The van der Waals surface area contributed by atoms with Gasteiger partial charge in [-0.3, -0.25) is 4.79 Å². The number of nitrogens with two attached hydrogens (primary N) is 1. The van der Waals surface area contributed by atoms with Crippen LogP contribution in [-0.4, -0.2) is 23.9 Å². The second kappa shape index (κ2) is 5.66. The van der Waals surface area contributed by atoms with Gasteiger partial charge in [-0.2, -0.15) is 0 Å². The molecule has 88 valence electrons. The smallest absolute Gasteiger partial charge is 0.239 e. The number of benzene rings is 1. The summed E-state index contributed by atoms with van der Waals surface area (Å²) in [5.74, 6) is -0.0179. The summed E-state index contributed by atoms with van der Waals surface area (Å²) in [6, 6.07) is 9.70. The Bertz CT molecular complexity index is 335. The van der Waals surface area contributed by atoms with Crippen molar-refractivity contribution in [1.29, 1.82) is 0 Å². The van der Waals surface area contributed by atoms with Crippen molar-refractivity contribution in [1.82, 2.24) is 4.90 Å². The first-order valence-corrected chi connectivity index (χ1v) is 5.65. The maximum Gasteiger partial charge on any atom is 0.239 e. The first-order valence-electron chi connectivity index (χ1n) is 5.65. The van der Waals surface area contributed by atoms with Crippen molar-refractivity contribution >= 4 is 5.91 Å². The highest BCUT2D eigenvalue weighted by Gasteiger charge is 2.21. The maximum atomic E-state index is 11.8. The zero-order chi connectivity index (χ0) is 12.1. The predicted octanol–water partition coefficient (Wildman–Crippen LogP) is 1.94. The van der Waals surface area contributed by atoms with E-state index in [9.17, 15) is 4.79 Å². The van der Waals surface area contributed by atoms with E-state index < -0.39 is 6.04 Å². The van der Waals surface area contributed by atoms with Crippen molar-refractivity contribution in [2.45, 2.75) is 32.4 Å². The Labute approximate surface area is 97.2 Å². The lowest BCUT2D eigenvalue weighted by atomic mass is 10.0. The van der Waals surface area contributed by atoms with E-state index in [4.69, 9.17) is 5.73 Å². The van der Waals surface area contributed by atoms with E-state index in [0.29, 0.717) is 0 Å². The van der Waals surface area contributed by atoms with Crippen LogP contribution in [0.5, 0.6) is 0 Å². The Morgan fingerprint density at radius 3 is 2.38 bits per heavy atom. The fourth-order valence-electron chi connectivity index (χ4n) is 1.88. The predicted molar refractivity (Wildman–Crippen MR) is 65.9 cm³/mol. The van der Waals surface area contributed by atoms with Gasteiger partial charge in [0.25, 0.3) is 0 Å². The van der Waals surface area contributed by atoms with Gasteiger partial charge in [-0.1, -0.05) is 37.3 Å². The van der Waals surface area contributed by atoms with Crippen LogP contribution in [0.1, 0.15) is 31.9 Å². The second-order valence-corrected chi connectivity index (χ2v) is 4.07. The van der Waals surface area contributed by atoms with Crippen molar-refractivity contribution < 1.29 is 4.79 Å². The normalized spacial score (nSPS) is 14.2. The number of likely N-dealkylation sites (N-methyl/N-ethyl adjacent to an activating group) is 1. The molecular formula is C13H20N2O. The summed E-state index contributed by atoms with van der Waals surface area (Å²) >= 11 is 0. The molecule has 0 aliphatic rings. The van der Waals surface area contributed by atoms with E-state index in [2.05, 4.69) is 6.92 Å². The van der Waals surface area contributed by atoms with Crippen LogP contribution in [0.4, 0.5) is 0 Å². The van der Waals surface area contributed by atoms with E-state index in [1.807, 2.05) is 37.4 Å². The molecule has 0 heterocycles. The molecule has 0 aliphatic carbocycles. The van der Waals surface area contributed by atoms with Gasteiger partial charge < -0.3 is 10.6 Å². The van der Waals surface area contributed by atoms with Gasteiger partial charge in [-0.15, -0.1) is 0 Å². The third-order valence-electron chi connectivity index (χ3n) is 2.78. The monoisotopic (exact) mass is 220 g/mol. The molecule has 2 N–H and O–H groups in total. The van der Waals surface area contributed by atoms with Gasteiger partial charge in [0.05, 0.1) is 12.1 Å². The van der Waals surface area contributed by atoms with Crippen molar-refractivity contribution in [2.75, 3.05) is 7.05 Å².